The highest BCUT2D eigenvalue weighted by Crippen LogP contribution is 2.47. The first-order valence-electron chi connectivity index (χ1n) is 8.53. The van der Waals surface area contributed by atoms with Crippen LogP contribution in [0.4, 0.5) is 0 Å². The molecule has 0 aliphatic carbocycles. The van der Waals surface area contributed by atoms with Gasteiger partial charge in [-0.1, -0.05) is 31.8 Å². The lowest BCUT2D eigenvalue weighted by Gasteiger charge is -2.24. The summed E-state index contributed by atoms with van der Waals surface area (Å²) in [6.45, 7) is 11.5. The predicted molar refractivity (Wildman–Crippen MR) is 104 cm³/mol. The van der Waals surface area contributed by atoms with Crippen LogP contribution < -0.4 is 4.74 Å². The van der Waals surface area contributed by atoms with Crippen molar-refractivity contribution in [3.8, 4) is 22.8 Å². The molecule has 24 heavy (non-hydrogen) atoms. The predicted octanol–water partition coefficient (Wildman–Crippen LogP) is 6.04. The lowest BCUT2D eigenvalue weighted by atomic mass is 9.95. The molecule has 1 aliphatic heterocycles. The van der Waals surface area contributed by atoms with Gasteiger partial charge in [-0.25, -0.2) is 0 Å². The van der Waals surface area contributed by atoms with Gasteiger partial charge in [0.2, 0.25) is 0 Å². The molecule has 1 aliphatic rings. The Bertz CT molecular complexity index is 970. The molecule has 0 atom stereocenters. The normalized spacial score (nSPS) is 12.9. The van der Waals surface area contributed by atoms with E-state index in [0.717, 1.165) is 34.2 Å². The molecule has 0 spiro atoms. The van der Waals surface area contributed by atoms with Crippen molar-refractivity contribution < 1.29 is 4.74 Å². The van der Waals surface area contributed by atoms with Crippen molar-refractivity contribution in [2.75, 3.05) is 0 Å². The van der Waals surface area contributed by atoms with Crippen LogP contribution in [0.1, 0.15) is 16.7 Å². The van der Waals surface area contributed by atoms with Gasteiger partial charge in [0.05, 0.1) is 11.1 Å². The average Bonchev–Trinajstić information content (AvgIpc) is 2.47. The number of pyridine rings is 1. The lowest BCUT2D eigenvalue weighted by Crippen LogP contribution is -2.23. The first kappa shape index (κ1) is 15.4. The number of aryl methyl sites for hydroxylation is 2. The van der Waals surface area contributed by atoms with Gasteiger partial charge in [0.25, 0.3) is 0 Å². The van der Waals surface area contributed by atoms with E-state index in [1.54, 1.807) is 0 Å². The summed E-state index contributed by atoms with van der Waals surface area (Å²) in [5.74, 6) is 1.92. The van der Waals surface area contributed by atoms with Crippen LogP contribution in [0.5, 0.6) is 11.5 Å². The first-order chi connectivity index (χ1) is 11.3. The van der Waals surface area contributed by atoms with Crippen LogP contribution in [0, 0.1) is 13.8 Å². The maximum absolute atomic E-state index is 6.37. The highest BCUT2D eigenvalue weighted by Gasteiger charge is 2.24. The van der Waals surface area contributed by atoms with Crippen LogP contribution >= 0.6 is 0 Å². The molecule has 0 bridgehead atoms. The molecule has 0 unspecified atom stereocenters. The van der Waals surface area contributed by atoms with Crippen molar-refractivity contribution in [3.63, 3.8) is 0 Å². The Balaban J connectivity index is 1.99. The minimum Gasteiger partial charge on any atom is -0.456 e. The fourth-order valence-electron chi connectivity index (χ4n) is 3.71. The Hall–Kier alpha value is -2.13. The van der Waals surface area contributed by atoms with Gasteiger partial charge in [-0.3, -0.25) is 4.98 Å². The number of hydrogen-bond acceptors (Lipinski definition) is 2. The third-order valence-corrected chi connectivity index (χ3v) is 5.98. The number of fused-ring (bicyclic) bond motifs is 2. The van der Waals surface area contributed by atoms with Gasteiger partial charge >= 0.3 is 0 Å². The first-order valence-corrected chi connectivity index (χ1v) is 12.2. The zero-order valence-electron chi connectivity index (χ0n) is 15.0. The zero-order chi connectivity index (χ0) is 17.1. The minimum atomic E-state index is -1.18. The third-order valence-electron chi connectivity index (χ3n) is 4.51. The monoisotopic (exact) mass is 333 g/mol. The molecule has 3 heteroatoms. The molecule has 0 saturated heterocycles. The van der Waals surface area contributed by atoms with Crippen molar-refractivity contribution in [1.82, 2.24) is 4.98 Å². The van der Waals surface area contributed by atoms with E-state index < -0.39 is 8.07 Å². The minimum absolute atomic E-state index is 0.957. The molecule has 0 saturated carbocycles. The molecule has 122 valence electrons. The summed E-state index contributed by atoms with van der Waals surface area (Å²) < 4.78 is 6.37. The molecule has 1 aromatic heterocycles. The second kappa shape index (κ2) is 5.18. The lowest BCUT2D eigenvalue weighted by molar-refractivity contribution is 0.482. The quantitative estimate of drug-likeness (QED) is 0.417. The molecule has 2 nitrogen and oxygen atoms in total. The van der Waals surface area contributed by atoms with Crippen LogP contribution in [0.25, 0.3) is 22.0 Å². The molecule has 3 aromatic rings. The summed E-state index contributed by atoms with van der Waals surface area (Å²) in [5.41, 5.74) is 5.96. The van der Waals surface area contributed by atoms with E-state index in [4.69, 9.17) is 9.72 Å². The summed E-state index contributed by atoms with van der Waals surface area (Å²) in [6, 6.07) is 12.2. The van der Waals surface area contributed by atoms with Crippen molar-refractivity contribution >= 4 is 18.8 Å². The van der Waals surface area contributed by atoms with E-state index in [1.165, 1.54) is 22.1 Å². The van der Waals surface area contributed by atoms with Crippen molar-refractivity contribution in [1.29, 1.82) is 0 Å². The van der Waals surface area contributed by atoms with Gasteiger partial charge in [-0.2, -0.15) is 0 Å². The number of ether oxygens (including phenoxy) is 1. The van der Waals surface area contributed by atoms with E-state index >= 15 is 0 Å². The summed E-state index contributed by atoms with van der Waals surface area (Å²) >= 11 is 0. The van der Waals surface area contributed by atoms with Crippen LogP contribution in [0.15, 0.2) is 36.5 Å². The topological polar surface area (TPSA) is 22.1 Å². The number of rotatable bonds is 2. The number of aromatic nitrogens is 1. The van der Waals surface area contributed by atoms with Crippen LogP contribution in [-0.2, 0) is 6.04 Å². The smallest absolute Gasteiger partial charge is 0.139 e. The van der Waals surface area contributed by atoms with Gasteiger partial charge in [0.15, 0.2) is 0 Å². The standard InChI is InChI=1S/C21H23NOSi/c1-13-8-14(2)21-17(9-13)20-19-16(6-7-22-20)10-15(11-18(19)23-21)12-24(3,4)5/h6-11H,12H2,1-5H3. The average molecular weight is 334 g/mol. The third kappa shape index (κ3) is 2.53. The summed E-state index contributed by atoms with van der Waals surface area (Å²) in [4.78, 5) is 4.69. The fourth-order valence-corrected chi connectivity index (χ4v) is 5.14. The molecular formula is C21H23NOSi. The van der Waals surface area contributed by atoms with Crippen LogP contribution in [-0.4, -0.2) is 13.1 Å². The molecule has 0 fully saturated rings. The van der Waals surface area contributed by atoms with E-state index in [2.05, 4.69) is 63.8 Å². The summed E-state index contributed by atoms with van der Waals surface area (Å²) in [6.07, 6.45) is 1.92. The summed E-state index contributed by atoms with van der Waals surface area (Å²) in [5, 5.41) is 2.38. The molecule has 0 N–H and O–H groups in total. The zero-order valence-corrected chi connectivity index (χ0v) is 16.0. The van der Waals surface area contributed by atoms with Crippen molar-refractivity contribution in [3.05, 3.63) is 53.2 Å². The van der Waals surface area contributed by atoms with Crippen LogP contribution in [0.2, 0.25) is 19.6 Å². The van der Waals surface area contributed by atoms with Gasteiger partial charge in [0, 0.05) is 19.8 Å². The van der Waals surface area contributed by atoms with Gasteiger partial charge in [-0.15, -0.1) is 0 Å². The molecule has 2 aromatic carbocycles. The SMILES string of the molecule is Cc1cc(C)c2c(c1)-c1nccc3cc(C[Si](C)(C)C)cc(c13)O2. The Labute approximate surface area is 144 Å². The van der Waals surface area contributed by atoms with Crippen molar-refractivity contribution in [2.45, 2.75) is 39.5 Å². The molecule has 0 radical (unpaired) electrons. The Morgan fingerprint density at radius 2 is 1.83 bits per heavy atom. The number of nitrogens with zero attached hydrogens (tertiary/aromatic N) is 1. The van der Waals surface area contributed by atoms with E-state index in [1.807, 2.05) is 6.20 Å². The van der Waals surface area contributed by atoms with E-state index in [-0.39, 0.29) is 0 Å². The number of hydrogen-bond donors (Lipinski definition) is 0. The Kier molecular flexibility index (Phi) is 3.32. The van der Waals surface area contributed by atoms with Gasteiger partial charge in [0.1, 0.15) is 11.5 Å². The highest BCUT2D eigenvalue weighted by atomic mass is 28.3. The van der Waals surface area contributed by atoms with Gasteiger partial charge in [-0.05, 0) is 60.2 Å². The second-order valence-electron chi connectivity index (χ2n) is 8.15. The maximum Gasteiger partial charge on any atom is 0.139 e. The number of benzene rings is 2. The maximum atomic E-state index is 6.37. The molecule has 2 heterocycles. The second-order valence-corrected chi connectivity index (χ2v) is 13.6. The highest BCUT2D eigenvalue weighted by molar-refractivity contribution is 6.75. The molecular weight excluding hydrogens is 310 g/mol. The van der Waals surface area contributed by atoms with Gasteiger partial charge < -0.3 is 4.74 Å². The largest absolute Gasteiger partial charge is 0.456 e. The molecule has 4 rings (SSSR count). The Morgan fingerprint density at radius 3 is 2.58 bits per heavy atom. The molecule has 0 amide bonds. The Morgan fingerprint density at radius 1 is 1.04 bits per heavy atom. The fraction of sp³-hybridized carbons (Fsp3) is 0.286. The summed E-state index contributed by atoms with van der Waals surface area (Å²) in [7, 11) is -1.18. The van der Waals surface area contributed by atoms with Crippen LogP contribution in [0.3, 0.4) is 0 Å². The van der Waals surface area contributed by atoms with E-state index in [9.17, 15) is 0 Å². The van der Waals surface area contributed by atoms with E-state index in [0.29, 0.717) is 0 Å². The van der Waals surface area contributed by atoms with Crippen molar-refractivity contribution in [2.24, 2.45) is 0 Å².